The van der Waals surface area contributed by atoms with Crippen molar-refractivity contribution in [2.45, 2.75) is 108 Å². The molecule has 0 saturated carbocycles. The van der Waals surface area contributed by atoms with E-state index in [0.717, 1.165) is 5.56 Å². The van der Waals surface area contributed by atoms with E-state index in [4.69, 9.17) is 9.84 Å². The molecule has 4 nitrogen and oxygen atoms in total. The molecule has 2 N–H and O–H groups in total. The molecule has 1 aromatic rings. The van der Waals surface area contributed by atoms with Gasteiger partial charge < -0.3 is 9.84 Å². The Kier molecular flexibility index (Phi) is 9.67. The molecule has 0 bridgehead atoms. The third-order valence-electron chi connectivity index (χ3n) is 5.65. The lowest BCUT2D eigenvalue weighted by atomic mass is 10.0. The van der Waals surface area contributed by atoms with E-state index in [1.165, 1.54) is 64.2 Å². The van der Waals surface area contributed by atoms with E-state index in [2.05, 4.69) is 39.1 Å². The molecule has 0 aromatic heterocycles. The quantitative estimate of drug-likeness (QED) is 0.316. The summed E-state index contributed by atoms with van der Waals surface area (Å²) in [5.74, 6) is 0.688. The molecule has 2 unspecified atom stereocenters. The highest BCUT2D eigenvalue weighted by molar-refractivity contribution is 8.00. The summed E-state index contributed by atoms with van der Waals surface area (Å²) in [5, 5.41) is 12.3. The van der Waals surface area contributed by atoms with Gasteiger partial charge in [-0.15, -0.1) is 11.8 Å². The van der Waals surface area contributed by atoms with Crippen LogP contribution >= 0.6 is 11.8 Å². The fraction of sp³-hybridized carbons (Fsp3) is 0.708. The number of anilines is 1. The second-order valence-corrected chi connectivity index (χ2v) is 10.4. The van der Waals surface area contributed by atoms with Crippen LogP contribution in [0.25, 0.3) is 0 Å². The maximum atomic E-state index is 11.1. The van der Waals surface area contributed by atoms with Gasteiger partial charge in [-0.25, -0.2) is 4.79 Å². The molecule has 1 aromatic carbocycles. The zero-order chi connectivity index (χ0) is 21.3. The van der Waals surface area contributed by atoms with Crippen LogP contribution in [0.15, 0.2) is 18.2 Å². The van der Waals surface area contributed by atoms with E-state index < -0.39 is 6.09 Å². The van der Waals surface area contributed by atoms with Crippen molar-refractivity contribution in [3.8, 4) is 5.75 Å². The molecule has 0 spiro atoms. The van der Waals surface area contributed by atoms with Gasteiger partial charge >= 0.3 is 6.09 Å². The maximum absolute atomic E-state index is 11.1. The van der Waals surface area contributed by atoms with Gasteiger partial charge in [0.25, 0.3) is 0 Å². The smallest absolute Gasteiger partial charge is 0.409 e. The Morgan fingerprint density at radius 2 is 1.76 bits per heavy atom. The maximum Gasteiger partial charge on any atom is 0.409 e. The minimum atomic E-state index is -1.06. The molecular weight excluding hydrogens is 382 g/mol. The van der Waals surface area contributed by atoms with Gasteiger partial charge in [0, 0.05) is 10.8 Å². The van der Waals surface area contributed by atoms with Crippen LogP contribution in [0.1, 0.15) is 103 Å². The molecule has 0 saturated heterocycles. The third kappa shape index (κ3) is 7.44. The first-order valence-electron chi connectivity index (χ1n) is 11.3. The molecule has 0 fully saturated rings. The predicted molar refractivity (Wildman–Crippen MR) is 124 cm³/mol. The van der Waals surface area contributed by atoms with E-state index in [1.54, 1.807) is 6.07 Å². The number of unbranched alkanes of at least 4 members (excludes halogenated alkanes) is 8. The Balaban J connectivity index is 1.79. The van der Waals surface area contributed by atoms with Crippen molar-refractivity contribution >= 4 is 23.5 Å². The van der Waals surface area contributed by atoms with Crippen LogP contribution in [0.3, 0.4) is 0 Å². The molecule has 1 amide bonds. The molecule has 5 heteroatoms. The van der Waals surface area contributed by atoms with Crippen molar-refractivity contribution in [1.82, 2.24) is 0 Å². The lowest BCUT2D eigenvalue weighted by molar-refractivity contribution is 0.136. The summed E-state index contributed by atoms with van der Waals surface area (Å²) in [5.41, 5.74) is 1.29. The summed E-state index contributed by atoms with van der Waals surface area (Å²) in [6.07, 6.45) is 12.4. The molecular formula is C24H39NO3S. The van der Waals surface area contributed by atoms with Gasteiger partial charge in [0.15, 0.2) is 0 Å². The number of rotatable bonds is 13. The normalized spacial score (nSPS) is 18.1. The van der Waals surface area contributed by atoms with Crippen molar-refractivity contribution in [2.75, 3.05) is 5.32 Å². The Morgan fingerprint density at radius 1 is 1.14 bits per heavy atom. The van der Waals surface area contributed by atoms with Crippen LogP contribution < -0.4 is 10.1 Å². The summed E-state index contributed by atoms with van der Waals surface area (Å²) in [4.78, 5) is 11.1. The number of nitrogens with one attached hydrogen (secondary N) is 1. The Morgan fingerprint density at radius 3 is 2.38 bits per heavy atom. The molecule has 1 aliphatic rings. The molecule has 2 rings (SSSR count). The number of para-hydroxylation sites is 1. The SMILES string of the molecule is CCCCCCCCCCCC(C)SC1c2cccc(NC(=O)O)c2OC1(C)C. The number of hydrogen-bond donors (Lipinski definition) is 2. The third-order valence-corrected chi connectivity index (χ3v) is 7.44. The molecule has 1 aliphatic heterocycles. The first-order chi connectivity index (χ1) is 13.8. The first kappa shape index (κ1) is 23.9. The highest BCUT2D eigenvalue weighted by Crippen LogP contribution is 2.54. The second kappa shape index (κ2) is 11.7. The molecule has 164 valence electrons. The van der Waals surface area contributed by atoms with E-state index in [0.29, 0.717) is 16.7 Å². The van der Waals surface area contributed by atoms with E-state index in [-0.39, 0.29) is 10.9 Å². The summed E-state index contributed by atoms with van der Waals surface area (Å²) >= 11 is 1.96. The Labute approximate surface area is 181 Å². The molecule has 0 radical (unpaired) electrons. The van der Waals surface area contributed by atoms with E-state index in [9.17, 15) is 4.79 Å². The standard InChI is InChI=1S/C24H39NO3S/c1-5-6-7-8-9-10-11-12-13-15-18(2)29-22-19-16-14-17-20(25-23(26)27)21(19)28-24(22,3)4/h14,16-18,22,25H,5-13,15H2,1-4H3,(H,26,27). The lowest BCUT2D eigenvalue weighted by Gasteiger charge is -2.28. The van der Waals surface area contributed by atoms with Gasteiger partial charge in [0.05, 0.1) is 10.9 Å². The summed E-state index contributed by atoms with van der Waals surface area (Å²) in [6.45, 7) is 8.77. The molecule has 1 heterocycles. The molecule has 0 aliphatic carbocycles. The van der Waals surface area contributed by atoms with Crippen molar-refractivity contribution < 1.29 is 14.6 Å². The van der Waals surface area contributed by atoms with Crippen LogP contribution in [-0.2, 0) is 0 Å². The average Bonchev–Trinajstić information content (AvgIpc) is 2.91. The van der Waals surface area contributed by atoms with E-state index >= 15 is 0 Å². The molecule has 2 atom stereocenters. The number of thioether (sulfide) groups is 1. The largest absolute Gasteiger partial charge is 0.484 e. The van der Waals surface area contributed by atoms with Crippen molar-refractivity contribution in [1.29, 1.82) is 0 Å². The second-order valence-electron chi connectivity index (χ2n) is 8.80. The van der Waals surface area contributed by atoms with Gasteiger partial charge in [-0.2, -0.15) is 0 Å². The van der Waals surface area contributed by atoms with Crippen LogP contribution in [-0.4, -0.2) is 22.1 Å². The monoisotopic (exact) mass is 421 g/mol. The van der Waals surface area contributed by atoms with Crippen molar-refractivity contribution in [3.63, 3.8) is 0 Å². The van der Waals surface area contributed by atoms with Gasteiger partial charge in [0.2, 0.25) is 0 Å². The average molecular weight is 422 g/mol. The van der Waals surface area contributed by atoms with Gasteiger partial charge in [-0.3, -0.25) is 5.32 Å². The Hall–Kier alpha value is -1.36. The van der Waals surface area contributed by atoms with Gasteiger partial charge in [0.1, 0.15) is 11.4 Å². The zero-order valence-corrected chi connectivity index (χ0v) is 19.4. The number of benzene rings is 1. The summed E-state index contributed by atoms with van der Waals surface area (Å²) < 4.78 is 6.19. The molecule has 29 heavy (non-hydrogen) atoms. The fourth-order valence-corrected chi connectivity index (χ4v) is 5.54. The Bertz CT molecular complexity index is 647. The number of fused-ring (bicyclic) bond motifs is 1. The van der Waals surface area contributed by atoms with Gasteiger partial charge in [-0.05, 0) is 26.3 Å². The first-order valence-corrected chi connectivity index (χ1v) is 12.3. The summed E-state index contributed by atoms with van der Waals surface area (Å²) in [7, 11) is 0. The minimum Gasteiger partial charge on any atom is -0.484 e. The zero-order valence-electron chi connectivity index (χ0n) is 18.6. The van der Waals surface area contributed by atoms with Gasteiger partial charge in [-0.1, -0.05) is 83.8 Å². The number of carbonyl (C=O) groups is 1. The van der Waals surface area contributed by atoms with Crippen LogP contribution in [0, 0.1) is 0 Å². The van der Waals surface area contributed by atoms with Crippen molar-refractivity contribution in [3.05, 3.63) is 23.8 Å². The topological polar surface area (TPSA) is 58.6 Å². The number of carboxylic acid groups (broad SMARTS) is 1. The van der Waals surface area contributed by atoms with Crippen molar-refractivity contribution in [2.24, 2.45) is 0 Å². The number of hydrogen-bond acceptors (Lipinski definition) is 3. The highest BCUT2D eigenvalue weighted by Gasteiger charge is 2.43. The lowest BCUT2D eigenvalue weighted by Crippen LogP contribution is -2.29. The fourth-order valence-electron chi connectivity index (χ4n) is 4.06. The minimum absolute atomic E-state index is 0.210. The highest BCUT2D eigenvalue weighted by atomic mass is 32.2. The number of ether oxygens (including phenoxy) is 1. The number of amides is 1. The van der Waals surface area contributed by atoms with E-state index in [1.807, 2.05) is 17.8 Å². The van der Waals surface area contributed by atoms with Crippen LogP contribution in [0.2, 0.25) is 0 Å². The van der Waals surface area contributed by atoms with Crippen LogP contribution in [0.5, 0.6) is 5.75 Å². The van der Waals surface area contributed by atoms with Crippen LogP contribution in [0.4, 0.5) is 10.5 Å². The summed E-state index contributed by atoms with van der Waals surface area (Å²) in [6, 6.07) is 5.75. The predicted octanol–water partition coefficient (Wildman–Crippen LogP) is 8.03.